The lowest BCUT2D eigenvalue weighted by Gasteiger charge is -2.17. The second-order valence-electron chi connectivity index (χ2n) is 7.81. The predicted octanol–water partition coefficient (Wildman–Crippen LogP) is 1.03. The maximum Gasteiger partial charge on any atom is 0.321 e. The fraction of sp³-hybridized carbons (Fsp3) is 0.650. The molecule has 0 radical (unpaired) electrons. The summed E-state index contributed by atoms with van der Waals surface area (Å²) in [6, 6.07) is -0.538. The number of imide groups is 2. The molecule has 5 amide bonds. The van der Waals surface area contributed by atoms with Gasteiger partial charge in [0.15, 0.2) is 6.10 Å². The second kappa shape index (κ2) is 9.19. The first-order valence-corrected chi connectivity index (χ1v) is 10.2. The summed E-state index contributed by atoms with van der Waals surface area (Å²) in [5, 5.41) is 4.88. The Bertz CT molecular complexity index is 702. The predicted molar refractivity (Wildman–Crippen MR) is 101 cm³/mol. The van der Waals surface area contributed by atoms with Crippen LogP contribution in [0, 0.1) is 11.8 Å². The van der Waals surface area contributed by atoms with E-state index < -0.39 is 24.0 Å². The lowest BCUT2D eigenvalue weighted by molar-refractivity contribution is -0.155. The molecule has 3 rings (SSSR count). The Morgan fingerprint density at radius 3 is 2.28 bits per heavy atom. The molecule has 158 valence electrons. The van der Waals surface area contributed by atoms with Crippen LogP contribution in [0.2, 0.25) is 0 Å². The third kappa shape index (κ3) is 5.02. The lowest BCUT2D eigenvalue weighted by Crippen LogP contribution is -2.47. The highest BCUT2D eigenvalue weighted by Gasteiger charge is 2.47. The first-order chi connectivity index (χ1) is 13.9. The maximum atomic E-state index is 12.4. The van der Waals surface area contributed by atoms with Gasteiger partial charge >= 0.3 is 12.0 Å². The van der Waals surface area contributed by atoms with Gasteiger partial charge in [0.05, 0.1) is 18.3 Å². The molecule has 0 aromatic carbocycles. The number of carbonyl (C=O) groups excluding carboxylic acids is 5. The molecule has 0 aromatic rings. The summed E-state index contributed by atoms with van der Waals surface area (Å²) >= 11 is 0. The second-order valence-corrected chi connectivity index (χ2v) is 7.81. The van der Waals surface area contributed by atoms with Crippen molar-refractivity contribution in [1.82, 2.24) is 15.5 Å². The van der Waals surface area contributed by atoms with Crippen LogP contribution in [-0.4, -0.2) is 53.3 Å². The van der Waals surface area contributed by atoms with Crippen LogP contribution in [0.25, 0.3) is 0 Å². The molecule has 2 fully saturated rings. The van der Waals surface area contributed by atoms with Crippen molar-refractivity contribution in [2.24, 2.45) is 11.8 Å². The van der Waals surface area contributed by atoms with E-state index in [1.807, 2.05) is 12.2 Å². The normalized spacial score (nSPS) is 24.9. The minimum atomic E-state index is -1.16. The van der Waals surface area contributed by atoms with Crippen molar-refractivity contribution >= 4 is 29.7 Å². The van der Waals surface area contributed by atoms with E-state index >= 15 is 0 Å². The molecule has 0 unspecified atom stereocenters. The molecule has 0 spiro atoms. The Labute approximate surface area is 169 Å². The van der Waals surface area contributed by atoms with Crippen LogP contribution in [0.5, 0.6) is 0 Å². The zero-order valence-corrected chi connectivity index (χ0v) is 16.5. The summed E-state index contributed by atoms with van der Waals surface area (Å²) < 4.78 is 5.04. The van der Waals surface area contributed by atoms with Crippen LogP contribution < -0.4 is 10.6 Å². The van der Waals surface area contributed by atoms with Crippen LogP contribution in [0.1, 0.15) is 51.9 Å². The third-order valence-electron chi connectivity index (χ3n) is 5.74. The summed E-state index contributed by atoms with van der Waals surface area (Å²) in [5.41, 5.74) is 0. The van der Waals surface area contributed by atoms with Crippen molar-refractivity contribution in [3.63, 3.8) is 0 Å². The summed E-state index contributed by atoms with van der Waals surface area (Å²) in [6.45, 7) is 1.29. The molecule has 1 saturated carbocycles. The van der Waals surface area contributed by atoms with Gasteiger partial charge < -0.3 is 10.1 Å². The Morgan fingerprint density at radius 1 is 1.10 bits per heavy atom. The van der Waals surface area contributed by atoms with Crippen molar-refractivity contribution in [3.05, 3.63) is 12.2 Å². The number of hydrogen-bond acceptors (Lipinski definition) is 6. The standard InChI is InChI=1S/C20H27N3O6/c1-12(17(25)22-20(28)21-13-6-2-3-7-13)29-16(24)10-11-23-18(26)14-8-4-5-9-15(14)19(23)27/h4-5,12-15H,2-3,6-11H2,1H3,(H2,21,22,25,28)/t12-,14+,15+/m1/s1. The van der Waals surface area contributed by atoms with E-state index in [2.05, 4.69) is 10.6 Å². The largest absolute Gasteiger partial charge is 0.452 e. The molecular weight excluding hydrogens is 378 g/mol. The zero-order chi connectivity index (χ0) is 21.0. The lowest BCUT2D eigenvalue weighted by atomic mass is 9.85. The molecule has 9 nitrogen and oxygen atoms in total. The number of rotatable bonds is 6. The Morgan fingerprint density at radius 2 is 1.69 bits per heavy atom. The molecule has 0 bridgehead atoms. The van der Waals surface area contributed by atoms with Gasteiger partial charge in [0.25, 0.3) is 5.91 Å². The Kier molecular flexibility index (Phi) is 6.66. The highest BCUT2D eigenvalue weighted by molar-refractivity contribution is 6.05. The Balaban J connectivity index is 1.40. The first-order valence-electron chi connectivity index (χ1n) is 10.2. The van der Waals surface area contributed by atoms with Gasteiger partial charge in [-0.05, 0) is 32.6 Å². The maximum absolute atomic E-state index is 12.4. The number of urea groups is 1. The van der Waals surface area contributed by atoms with Gasteiger partial charge in [-0.2, -0.15) is 0 Å². The van der Waals surface area contributed by atoms with Gasteiger partial charge in [-0.25, -0.2) is 4.79 Å². The Hall–Kier alpha value is -2.71. The van der Waals surface area contributed by atoms with E-state index in [4.69, 9.17) is 4.74 Å². The fourth-order valence-corrected chi connectivity index (χ4v) is 4.11. The number of nitrogens with zero attached hydrogens (tertiary/aromatic N) is 1. The SMILES string of the molecule is C[C@@H](OC(=O)CCN1C(=O)[C@H]2CC=CC[C@@H]2C1=O)C(=O)NC(=O)NC1CCCC1. The number of ether oxygens (including phenoxy) is 1. The zero-order valence-electron chi connectivity index (χ0n) is 16.5. The van der Waals surface area contributed by atoms with Gasteiger partial charge in [0, 0.05) is 12.6 Å². The molecule has 0 aromatic heterocycles. The highest BCUT2D eigenvalue weighted by atomic mass is 16.5. The van der Waals surface area contributed by atoms with Crippen molar-refractivity contribution < 1.29 is 28.7 Å². The summed E-state index contributed by atoms with van der Waals surface area (Å²) in [5.74, 6) is -2.63. The van der Waals surface area contributed by atoms with Crippen LogP contribution in [0.15, 0.2) is 12.2 Å². The van der Waals surface area contributed by atoms with Crippen LogP contribution in [-0.2, 0) is 23.9 Å². The van der Waals surface area contributed by atoms with Crippen molar-refractivity contribution in [3.8, 4) is 0 Å². The number of hydrogen-bond donors (Lipinski definition) is 2. The highest BCUT2D eigenvalue weighted by Crippen LogP contribution is 2.35. The molecule has 2 N–H and O–H groups in total. The van der Waals surface area contributed by atoms with Crippen molar-refractivity contribution in [2.75, 3.05) is 6.54 Å². The molecule has 1 aliphatic heterocycles. The number of allylic oxidation sites excluding steroid dienone is 2. The minimum Gasteiger partial charge on any atom is -0.452 e. The topological polar surface area (TPSA) is 122 Å². The molecule has 9 heteroatoms. The molecule has 29 heavy (non-hydrogen) atoms. The van der Waals surface area contributed by atoms with Crippen LogP contribution in [0.4, 0.5) is 4.79 Å². The van der Waals surface area contributed by atoms with Gasteiger partial charge in [0.2, 0.25) is 11.8 Å². The number of esters is 1. The number of likely N-dealkylation sites (tertiary alicyclic amines) is 1. The van der Waals surface area contributed by atoms with Gasteiger partial charge in [0.1, 0.15) is 0 Å². The fourth-order valence-electron chi connectivity index (χ4n) is 4.11. The van der Waals surface area contributed by atoms with E-state index in [9.17, 15) is 24.0 Å². The first kappa shape index (κ1) is 21.0. The minimum absolute atomic E-state index is 0.0649. The monoisotopic (exact) mass is 405 g/mol. The van der Waals surface area contributed by atoms with E-state index in [0.29, 0.717) is 12.8 Å². The summed E-state index contributed by atoms with van der Waals surface area (Å²) in [4.78, 5) is 61.7. The molecule has 1 heterocycles. The average Bonchev–Trinajstić information content (AvgIpc) is 3.27. The van der Waals surface area contributed by atoms with Gasteiger partial charge in [-0.3, -0.25) is 29.4 Å². The van der Waals surface area contributed by atoms with Crippen molar-refractivity contribution in [1.29, 1.82) is 0 Å². The molecule has 3 atom stereocenters. The van der Waals surface area contributed by atoms with Crippen LogP contribution in [0.3, 0.4) is 0 Å². The molecule has 1 saturated heterocycles. The third-order valence-corrected chi connectivity index (χ3v) is 5.74. The molecule has 3 aliphatic rings. The number of carbonyl (C=O) groups is 5. The number of nitrogens with one attached hydrogen (secondary N) is 2. The van der Waals surface area contributed by atoms with E-state index in [-0.39, 0.29) is 42.7 Å². The number of fused-ring (bicyclic) bond motifs is 1. The van der Waals surface area contributed by atoms with E-state index in [0.717, 1.165) is 30.6 Å². The summed E-state index contributed by atoms with van der Waals surface area (Å²) in [7, 11) is 0. The molecule has 2 aliphatic carbocycles. The van der Waals surface area contributed by atoms with Gasteiger partial charge in [-0.1, -0.05) is 25.0 Å². The quantitative estimate of drug-likeness (QED) is 0.387. The number of amides is 5. The summed E-state index contributed by atoms with van der Waals surface area (Å²) in [6.07, 6.45) is 7.38. The van der Waals surface area contributed by atoms with Gasteiger partial charge in [-0.15, -0.1) is 0 Å². The van der Waals surface area contributed by atoms with E-state index in [1.54, 1.807) is 0 Å². The smallest absolute Gasteiger partial charge is 0.321 e. The van der Waals surface area contributed by atoms with Crippen LogP contribution >= 0.6 is 0 Å². The van der Waals surface area contributed by atoms with Crippen molar-refractivity contribution in [2.45, 2.75) is 64.0 Å². The van der Waals surface area contributed by atoms with E-state index in [1.165, 1.54) is 6.92 Å². The molecular formula is C20H27N3O6. The average molecular weight is 405 g/mol.